The maximum Gasteiger partial charge on any atom is 0.269 e. The van der Waals surface area contributed by atoms with Crippen LogP contribution in [0, 0.1) is 58.7 Å². The van der Waals surface area contributed by atoms with Crippen molar-refractivity contribution in [3.63, 3.8) is 0 Å². The summed E-state index contributed by atoms with van der Waals surface area (Å²) in [6.45, 7) is 24.3. The van der Waals surface area contributed by atoms with E-state index in [2.05, 4.69) is 42.6 Å². The second kappa shape index (κ2) is 29.4. The van der Waals surface area contributed by atoms with E-state index in [1.54, 1.807) is 23.7 Å². The minimum absolute atomic E-state index is 0. The van der Waals surface area contributed by atoms with Crippen LogP contribution in [0.15, 0.2) is 11.3 Å². The van der Waals surface area contributed by atoms with Gasteiger partial charge >= 0.3 is 0 Å². The molecule has 6 aliphatic rings. The van der Waals surface area contributed by atoms with Gasteiger partial charge in [-0.15, -0.1) is 24.1 Å². The molecule has 372 valence electrons. The summed E-state index contributed by atoms with van der Waals surface area (Å²) in [7, 11) is 2.76. The van der Waals surface area contributed by atoms with E-state index in [9.17, 15) is 24.6 Å². The topological polar surface area (TPSA) is 204 Å². The first kappa shape index (κ1) is 61.7. The third-order valence-corrected chi connectivity index (χ3v) is 16.3. The van der Waals surface area contributed by atoms with Crippen LogP contribution in [-0.2, 0) is 23.9 Å². The van der Waals surface area contributed by atoms with E-state index in [1.165, 1.54) is 25.7 Å². The molecule has 2 amide bonds. The van der Waals surface area contributed by atoms with Gasteiger partial charge in [0.2, 0.25) is 5.91 Å². The molecule has 2 heterocycles. The summed E-state index contributed by atoms with van der Waals surface area (Å²) in [6.07, 6.45) is 16.7. The first-order valence-electron chi connectivity index (χ1n) is 23.7. The number of ether oxygens (including phenoxy) is 1. The zero-order valence-electron chi connectivity index (χ0n) is 41.1. The fourth-order valence-corrected chi connectivity index (χ4v) is 13.2. The molecule has 0 radical (unpaired) electrons. The standard InChI is InChI=1S/C24H40O3.C19H31N5O3S.2C2H6.CH4O.CH2O.CH4/c1-15(5-4-12-25)18-6-7-19-22-20(9-11-24(18,19)3)23(2)10-8-17(26)13-16(23)14-21(22)27;1-6-7-8-27-19(3,4)11-22-13(9-20)23-16(25)15-12(2)10-28-18-14(21-5)17(26)24(15)18;4*1-2;/h12,15-22,26-27H,4-11,13-14H2,1-3H3;1,13-14,18,21-22H,7-11,20H2,2-5H3,(H,23,25);2*1-2H3;2H,1H3;1H2;1H4. The monoisotopic (exact) mass is 924 g/mol. The Balaban J connectivity index is 0.00000106. The molecule has 5 fully saturated rings. The van der Waals surface area contributed by atoms with Gasteiger partial charge in [0, 0.05) is 38.8 Å². The molecule has 64 heavy (non-hydrogen) atoms. The fourth-order valence-electron chi connectivity index (χ4n) is 11.9. The van der Waals surface area contributed by atoms with Crippen LogP contribution in [0.5, 0.6) is 0 Å². The highest BCUT2D eigenvalue weighted by Crippen LogP contribution is 2.68. The number of rotatable bonds is 14. The molecule has 4 saturated carbocycles. The Labute approximate surface area is 393 Å². The summed E-state index contributed by atoms with van der Waals surface area (Å²) in [4.78, 5) is 45.7. The lowest BCUT2D eigenvalue weighted by molar-refractivity contribution is -0.174. The Morgan fingerprint density at radius 2 is 1.69 bits per heavy atom. The van der Waals surface area contributed by atoms with Crippen LogP contribution in [0.3, 0.4) is 0 Å². The smallest absolute Gasteiger partial charge is 0.269 e. The van der Waals surface area contributed by atoms with Crippen LogP contribution in [-0.4, -0.2) is 120 Å². The van der Waals surface area contributed by atoms with E-state index in [-0.39, 0.29) is 49.4 Å². The maximum absolute atomic E-state index is 12.9. The van der Waals surface area contributed by atoms with Crippen molar-refractivity contribution in [3.8, 4) is 12.3 Å². The summed E-state index contributed by atoms with van der Waals surface area (Å²) >= 11 is 1.66. The van der Waals surface area contributed by atoms with Gasteiger partial charge in [0.05, 0.1) is 30.6 Å². The molecule has 6 rings (SSSR count). The predicted molar refractivity (Wildman–Crippen MR) is 263 cm³/mol. The average molecular weight is 924 g/mol. The van der Waals surface area contributed by atoms with Crippen LogP contribution >= 0.6 is 11.8 Å². The molecule has 13 nitrogen and oxygen atoms in total. The molecule has 0 aromatic carbocycles. The highest BCUT2D eigenvalue weighted by atomic mass is 32.2. The molecule has 0 aromatic heterocycles. The van der Waals surface area contributed by atoms with Crippen molar-refractivity contribution in [1.82, 2.24) is 20.9 Å². The molecule has 1 saturated heterocycles. The molecule has 0 spiro atoms. The Morgan fingerprint density at radius 3 is 2.27 bits per heavy atom. The number of carbonyl (C=O) groups excluding carboxylic acids is 4. The zero-order chi connectivity index (χ0) is 48.3. The van der Waals surface area contributed by atoms with E-state index in [4.69, 9.17) is 26.8 Å². The molecular formula is C50H93N5O8S. The van der Waals surface area contributed by atoms with E-state index in [0.29, 0.717) is 83.8 Å². The van der Waals surface area contributed by atoms with Gasteiger partial charge in [-0.2, -0.15) is 0 Å². The first-order chi connectivity index (χ1) is 30.1. The number of nitrogens with one attached hydrogen (secondary N) is 3. The SMILES string of the molecule is C.C#CCCOC(C)(C)CNC(CN)NC(=O)C1=C(C)CSC2C(NC)C(=O)N12.C=O.CC.CC.CC(CCC=O)C1CCC2C3C(O)CC4CC(O)CCC4(C)C3CCC12C.CO. The predicted octanol–water partition coefficient (Wildman–Crippen LogP) is 6.28. The Kier molecular flexibility index (Phi) is 28.3. The molecule has 2 aliphatic heterocycles. The lowest BCUT2D eigenvalue weighted by atomic mass is 9.43. The molecule has 8 N–H and O–H groups in total. The van der Waals surface area contributed by atoms with Crippen molar-refractivity contribution in [2.24, 2.45) is 52.1 Å². The van der Waals surface area contributed by atoms with Crippen LogP contribution in [0.25, 0.3) is 0 Å². The Morgan fingerprint density at radius 1 is 1.08 bits per heavy atom. The number of terminal acetylenes is 1. The van der Waals surface area contributed by atoms with Gasteiger partial charge in [0.15, 0.2) is 0 Å². The number of fused-ring (bicyclic) bond motifs is 6. The van der Waals surface area contributed by atoms with Gasteiger partial charge in [-0.25, -0.2) is 0 Å². The number of thioether (sulfide) groups is 1. The van der Waals surface area contributed by atoms with Gasteiger partial charge in [0.25, 0.3) is 5.91 Å². The normalized spacial score (nSPS) is 32.8. The highest BCUT2D eigenvalue weighted by molar-refractivity contribution is 8.00. The number of β-lactam (4-membered cyclic amide) rings is 1. The lowest BCUT2D eigenvalue weighted by Gasteiger charge is -2.62. The largest absolute Gasteiger partial charge is 0.400 e. The van der Waals surface area contributed by atoms with Crippen molar-refractivity contribution in [2.45, 2.75) is 183 Å². The van der Waals surface area contributed by atoms with Crippen molar-refractivity contribution >= 4 is 36.7 Å². The molecule has 14 heteroatoms. The molecule has 13 unspecified atom stereocenters. The van der Waals surface area contributed by atoms with Crippen molar-refractivity contribution in [3.05, 3.63) is 11.3 Å². The third kappa shape index (κ3) is 14.3. The molecule has 4 aliphatic carbocycles. The summed E-state index contributed by atoms with van der Waals surface area (Å²) in [5.74, 6) is 6.40. The number of hydrogen-bond donors (Lipinski definition) is 7. The molecule has 0 aromatic rings. The number of aliphatic hydroxyl groups excluding tert-OH is 3. The van der Waals surface area contributed by atoms with Crippen molar-refractivity contribution in [2.75, 3.05) is 39.6 Å². The quantitative estimate of drug-likeness (QED) is 0.0339. The van der Waals surface area contributed by atoms with Gasteiger partial charge in [-0.05, 0) is 138 Å². The van der Waals surface area contributed by atoms with E-state index in [1.807, 2.05) is 55.3 Å². The van der Waals surface area contributed by atoms with Gasteiger partial charge in [-0.3, -0.25) is 19.8 Å². The summed E-state index contributed by atoms with van der Waals surface area (Å²) in [6, 6.07) is -0.245. The fraction of sp³-hybridized carbons (Fsp3) is 0.840. The van der Waals surface area contributed by atoms with Gasteiger partial charge in [-0.1, -0.05) is 55.9 Å². The molecule has 13 atom stereocenters. The van der Waals surface area contributed by atoms with Gasteiger partial charge < -0.3 is 46.0 Å². The Hall–Kier alpha value is -2.35. The summed E-state index contributed by atoms with van der Waals surface area (Å²) in [5, 5.41) is 37.5. The third-order valence-electron chi connectivity index (χ3n) is 14.9. The number of aliphatic hydroxyl groups is 3. The Bertz CT molecular complexity index is 1480. The van der Waals surface area contributed by atoms with E-state index in [0.717, 1.165) is 51.1 Å². The second-order valence-corrected chi connectivity index (χ2v) is 19.8. The summed E-state index contributed by atoms with van der Waals surface area (Å²) in [5.41, 5.74) is 7.34. The van der Waals surface area contributed by atoms with Crippen LogP contribution in [0.2, 0.25) is 0 Å². The number of likely N-dealkylation sites (N-methyl/N-ethyl adjacent to an activating group) is 1. The highest BCUT2D eigenvalue weighted by Gasteiger charge is 2.63. The van der Waals surface area contributed by atoms with Crippen LogP contribution in [0.4, 0.5) is 0 Å². The molecule has 0 bridgehead atoms. The van der Waals surface area contributed by atoms with Crippen LogP contribution in [0.1, 0.15) is 147 Å². The number of nitrogens with zero attached hydrogens (tertiary/aromatic N) is 1. The molecular weight excluding hydrogens is 831 g/mol. The number of amides is 2. The zero-order valence-corrected chi connectivity index (χ0v) is 42.0. The van der Waals surface area contributed by atoms with Crippen molar-refractivity contribution in [1.29, 1.82) is 0 Å². The number of nitrogens with two attached hydrogens (primary N) is 1. The van der Waals surface area contributed by atoms with E-state index >= 15 is 0 Å². The average Bonchev–Trinajstić information content (AvgIpc) is 3.65. The maximum atomic E-state index is 12.9. The van der Waals surface area contributed by atoms with E-state index < -0.39 is 11.8 Å². The second-order valence-electron chi connectivity index (χ2n) is 18.7. The summed E-state index contributed by atoms with van der Waals surface area (Å²) < 4.78 is 5.75. The number of aldehydes is 1. The number of hydrogen-bond acceptors (Lipinski definition) is 12. The minimum Gasteiger partial charge on any atom is -0.400 e. The van der Waals surface area contributed by atoms with Gasteiger partial charge in [0.1, 0.15) is 30.2 Å². The number of carbonyl (C=O) groups is 4. The lowest BCUT2D eigenvalue weighted by Crippen LogP contribution is -2.70. The first-order valence-corrected chi connectivity index (χ1v) is 24.8. The van der Waals surface area contributed by atoms with Crippen molar-refractivity contribution < 1.29 is 39.2 Å². The minimum atomic E-state index is -0.454. The van der Waals surface area contributed by atoms with Crippen LogP contribution < -0.4 is 21.7 Å².